The van der Waals surface area contributed by atoms with Gasteiger partial charge >= 0.3 is 0 Å². The summed E-state index contributed by atoms with van der Waals surface area (Å²) in [4.78, 5) is 8.80. The van der Waals surface area contributed by atoms with E-state index in [-0.39, 0.29) is 6.04 Å². The molecule has 0 aliphatic rings. The van der Waals surface area contributed by atoms with E-state index >= 15 is 0 Å². The topological polar surface area (TPSA) is 49.8 Å². The quantitative estimate of drug-likeness (QED) is 0.861. The molecule has 2 N–H and O–H groups in total. The van der Waals surface area contributed by atoms with Gasteiger partial charge in [-0.2, -0.15) is 4.98 Å². The third kappa shape index (κ3) is 3.68. The first-order valence-electron chi connectivity index (χ1n) is 6.60. The first-order chi connectivity index (χ1) is 9.19. The van der Waals surface area contributed by atoms with Gasteiger partial charge in [-0.05, 0) is 26.3 Å². The molecule has 0 aliphatic carbocycles. The number of hydrogen-bond donors (Lipinski definition) is 2. The summed E-state index contributed by atoms with van der Waals surface area (Å²) in [6.07, 6.45) is 0. The van der Waals surface area contributed by atoms with Gasteiger partial charge in [0.1, 0.15) is 5.82 Å². The molecule has 19 heavy (non-hydrogen) atoms. The first-order valence-corrected chi connectivity index (χ1v) is 6.60. The number of aromatic nitrogens is 2. The smallest absolute Gasteiger partial charge is 0.224 e. The summed E-state index contributed by atoms with van der Waals surface area (Å²) in [5.41, 5.74) is 2.19. The Morgan fingerprint density at radius 1 is 1.16 bits per heavy atom. The van der Waals surface area contributed by atoms with E-state index in [2.05, 4.69) is 39.7 Å². The predicted octanol–water partition coefficient (Wildman–Crippen LogP) is 3.39. The molecule has 0 aliphatic heterocycles. The van der Waals surface area contributed by atoms with Crippen LogP contribution in [0.15, 0.2) is 36.4 Å². The summed E-state index contributed by atoms with van der Waals surface area (Å²) in [5.74, 6) is 1.52. The Balaban J connectivity index is 2.14. The molecule has 4 heteroatoms. The molecule has 0 spiro atoms. The fraction of sp³-hybridized carbons (Fsp3) is 0.333. The number of rotatable bonds is 5. The lowest BCUT2D eigenvalue weighted by Crippen LogP contribution is -2.10. The van der Waals surface area contributed by atoms with Gasteiger partial charge in [0.05, 0.1) is 0 Å². The molecule has 1 aromatic carbocycles. The molecule has 0 bridgehead atoms. The fourth-order valence-electron chi connectivity index (χ4n) is 1.93. The highest BCUT2D eigenvalue weighted by atomic mass is 15.1. The number of benzene rings is 1. The van der Waals surface area contributed by atoms with Gasteiger partial charge in [-0.3, -0.25) is 0 Å². The van der Waals surface area contributed by atoms with Crippen LogP contribution in [0.25, 0.3) is 0 Å². The monoisotopic (exact) mass is 256 g/mol. The van der Waals surface area contributed by atoms with E-state index in [9.17, 15) is 0 Å². The van der Waals surface area contributed by atoms with Gasteiger partial charge in [0.2, 0.25) is 5.95 Å². The van der Waals surface area contributed by atoms with Crippen molar-refractivity contribution < 1.29 is 0 Å². The molecule has 1 aromatic heterocycles. The molecule has 0 saturated carbocycles. The lowest BCUT2D eigenvalue weighted by Gasteiger charge is -2.16. The summed E-state index contributed by atoms with van der Waals surface area (Å²) in [5, 5.41) is 6.55. The van der Waals surface area contributed by atoms with Crippen LogP contribution in [0.3, 0.4) is 0 Å². The molecule has 0 saturated heterocycles. The van der Waals surface area contributed by atoms with Crippen LogP contribution < -0.4 is 10.6 Å². The van der Waals surface area contributed by atoms with Crippen molar-refractivity contribution in [2.24, 2.45) is 0 Å². The molecule has 1 unspecified atom stereocenters. The molecule has 0 radical (unpaired) electrons. The molecule has 100 valence electrons. The van der Waals surface area contributed by atoms with Crippen molar-refractivity contribution in [3.63, 3.8) is 0 Å². The van der Waals surface area contributed by atoms with Crippen molar-refractivity contribution in [3.05, 3.63) is 47.7 Å². The van der Waals surface area contributed by atoms with Crippen LogP contribution >= 0.6 is 0 Å². The van der Waals surface area contributed by atoms with Gasteiger partial charge in [-0.1, -0.05) is 30.3 Å². The second-order valence-corrected chi connectivity index (χ2v) is 4.53. The second-order valence-electron chi connectivity index (χ2n) is 4.53. The number of anilines is 2. The Morgan fingerprint density at radius 2 is 1.89 bits per heavy atom. The molecule has 4 nitrogen and oxygen atoms in total. The highest BCUT2D eigenvalue weighted by Gasteiger charge is 2.07. The minimum atomic E-state index is 0.213. The van der Waals surface area contributed by atoms with E-state index in [1.807, 2.05) is 38.1 Å². The Hall–Kier alpha value is -2.10. The number of aryl methyl sites for hydroxylation is 1. The number of hydrogen-bond acceptors (Lipinski definition) is 4. The van der Waals surface area contributed by atoms with Crippen molar-refractivity contribution >= 4 is 11.8 Å². The highest BCUT2D eigenvalue weighted by Crippen LogP contribution is 2.18. The van der Waals surface area contributed by atoms with E-state index in [1.54, 1.807) is 0 Å². The van der Waals surface area contributed by atoms with Crippen LogP contribution in [0.1, 0.15) is 31.1 Å². The first kappa shape index (κ1) is 13.3. The van der Waals surface area contributed by atoms with Gasteiger partial charge in [-0.25, -0.2) is 4.98 Å². The van der Waals surface area contributed by atoms with Crippen molar-refractivity contribution in [2.75, 3.05) is 17.2 Å². The summed E-state index contributed by atoms with van der Waals surface area (Å²) < 4.78 is 0. The van der Waals surface area contributed by atoms with E-state index in [0.29, 0.717) is 5.95 Å². The maximum atomic E-state index is 4.46. The summed E-state index contributed by atoms with van der Waals surface area (Å²) in [7, 11) is 0. The van der Waals surface area contributed by atoms with Crippen LogP contribution in [-0.4, -0.2) is 16.5 Å². The van der Waals surface area contributed by atoms with Crippen LogP contribution in [-0.2, 0) is 0 Å². The Kier molecular flexibility index (Phi) is 4.34. The average molecular weight is 256 g/mol. The number of nitrogens with zero attached hydrogens (tertiary/aromatic N) is 2. The highest BCUT2D eigenvalue weighted by molar-refractivity contribution is 5.44. The van der Waals surface area contributed by atoms with E-state index < -0.39 is 0 Å². The molecule has 1 atom stereocenters. The van der Waals surface area contributed by atoms with Gasteiger partial charge in [-0.15, -0.1) is 0 Å². The summed E-state index contributed by atoms with van der Waals surface area (Å²) in [6, 6.07) is 12.5. The van der Waals surface area contributed by atoms with E-state index in [1.165, 1.54) is 5.56 Å². The molecule has 0 fully saturated rings. The summed E-state index contributed by atoms with van der Waals surface area (Å²) >= 11 is 0. The van der Waals surface area contributed by atoms with Crippen LogP contribution in [0, 0.1) is 6.92 Å². The van der Waals surface area contributed by atoms with Crippen molar-refractivity contribution in [3.8, 4) is 0 Å². The molecule has 2 rings (SSSR count). The van der Waals surface area contributed by atoms with Gasteiger partial charge in [0.15, 0.2) is 0 Å². The SMILES string of the molecule is CCNc1nc(C)cc(NC(C)c2ccccc2)n1. The average Bonchev–Trinajstić information content (AvgIpc) is 2.39. The van der Waals surface area contributed by atoms with Crippen LogP contribution in [0.5, 0.6) is 0 Å². The third-order valence-corrected chi connectivity index (χ3v) is 2.85. The molecule has 0 amide bonds. The Labute approximate surface area is 114 Å². The second kappa shape index (κ2) is 6.18. The van der Waals surface area contributed by atoms with Gasteiger partial charge in [0, 0.05) is 24.3 Å². The minimum Gasteiger partial charge on any atom is -0.363 e. The van der Waals surface area contributed by atoms with Gasteiger partial charge in [0.25, 0.3) is 0 Å². The van der Waals surface area contributed by atoms with Gasteiger partial charge < -0.3 is 10.6 Å². The summed E-state index contributed by atoms with van der Waals surface area (Å²) in [6.45, 7) is 6.95. The zero-order chi connectivity index (χ0) is 13.7. The molecule has 2 aromatic rings. The lowest BCUT2D eigenvalue weighted by molar-refractivity contribution is 0.870. The van der Waals surface area contributed by atoms with Crippen LogP contribution in [0.4, 0.5) is 11.8 Å². The maximum Gasteiger partial charge on any atom is 0.224 e. The minimum absolute atomic E-state index is 0.213. The zero-order valence-corrected chi connectivity index (χ0v) is 11.6. The molecular weight excluding hydrogens is 236 g/mol. The molecular formula is C15H20N4. The Morgan fingerprint density at radius 3 is 2.58 bits per heavy atom. The van der Waals surface area contributed by atoms with E-state index in [0.717, 1.165) is 18.1 Å². The van der Waals surface area contributed by atoms with Crippen molar-refractivity contribution in [1.29, 1.82) is 0 Å². The fourth-order valence-corrected chi connectivity index (χ4v) is 1.93. The maximum absolute atomic E-state index is 4.46. The predicted molar refractivity (Wildman–Crippen MR) is 79.4 cm³/mol. The molecule has 1 heterocycles. The Bertz CT molecular complexity index is 525. The van der Waals surface area contributed by atoms with E-state index in [4.69, 9.17) is 0 Å². The van der Waals surface area contributed by atoms with Crippen molar-refractivity contribution in [1.82, 2.24) is 9.97 Å². The van der Waals surface area contributed by atoms with Crippen molar-refractivity contribution in [2.45, 2.75) is 26.8 Å². The van der Waals surface area contributed by atoms with Crippen LogP contribution in [0.2, 0.25) is 0 Å². The standard InChI is InChI=1S/C15H20N4/c1-4-16-15-17-11(2)10-14(19-15)18-12(3)13-8-6-5-7-9-13/h5-10,12H,4H2,1-3H3,(H2,16,17,18,19). The third-order valence-electron chi connectivity index (χ3n) is 2.85. The zero-order valence-electron chi connectivity index (χ0n) is 11.6. The largest absolute Gasteiger partial charge is 0.363 e. The normalized spacial score (nSPS) is 11.9. The number of nitrogens with one attached hydrogen (secondary N) is 2. The lowest BCUT2D eigenvalue weighted by atomic mass is 10.1.